The fraction of sp³-hybridized carbons (Fsp3) is 0.556. The van der Waals surface area contributed by atoms with Crippen molar-refractivity contribution >= 4 is 11.6 Å². The number of nitrogens with zero attached hydrogens (tertiary/aromatic N) is 2. The van der Waals surface area contributed by atoms with E-state index >= 15 is 0 Å². The van der Waals surface area contributed by atoms with Crippen LogP contribution in [0.15, 0.2) is 6.33 Å². The second-order valence-electron chi connectivity index (χ2n) is 3.01. The van der Waals surface area contributed by atoms with Crippen LogP contribution in [0.4, 0.5) is 11.6 Å². The van der Waals surface area contributed by atoms with E-state index in [-0.39, 0.29) is 0 Å². The molecule has 0 saturated carbocycles. The molecular formula is C9H16N4O. The Morgan fingerprint density at radius 3 is 3.00 bits per heavy atom. The van der Waals surface area contributed by atoms with E-state index in [1.165, 1.54) is 6.33 Å². The Morgan fingerprint density at radius 2 is 2.29 bits per heavy atom. The molecule has 5 heteroatoms. The minimum absolute atomic E-state index is 0.522. The highest BCUT2D eigenvalue weighted by atomic mass is 16.5. The number of nitrogens with one attached hydrogen (secondary N) is 1. The van der Waals surface area contributed by atoms with Gasteiger partial charge in [-0.15, -0.1) is 0 Å². The maximum Gasteiger partial charge on any atom is 0.134 e. The van der Waals surface area contributed by atoms with Crippen molar-refractivity contribution in [3.8, 4) is 0 Å². The molecule has 1 heterocycles. The van der Waals surface area contributed by atoms with Gasteiger partial charge in [0.25, 0.3) is 0 Å². The number of hydrogen-bond donors (Lipinski definition) is 2. The number of rotatable bonds is 5. The summed E-state index contributed by atoms with van der Waals surface area (Å²) in [6.07, 6.45) is 2.40. The minimum Gasteiger partial charge on any atom is -0.385 e. The van der Waals surface area contributed by atoms with Crippen molar-refractivity contribution in [3.63, 3.8) is 0 Å². The van der Waals surface area contributed by atoms with Gasteiger partial charge in [0, 0.05) is 25.8 Å². The summed E-state index contributed by atoms with van der Waals surface area (Å²) in [7, 11) is 1.69. The molecule has 0 atom stereocenters. The first-order chi connectivity index (χ1) is 6.75. The highest BCUT2D eigenvalue weighted by molar-refractivity contribution is 5.53. The molecule has 0 unspecified atom stereocenters. The van der Waals surface area contributed by atoms with Crippen molar-refractivity contribution in [3.05, 3.63) is 11.9 Å². The minimum atomic E-state index is 0.522. The van der Waals surface area contributed by atoms with Gasteiger partial charge in [-0.1, -0.05) is 0 Å². The number of nitrogen functional groups attached to an aromatic ring is 1. The molecule has 78 valence electrons. The molecule has 0 radical (unpaired) electrons. The maximum atomic E-state index is 5.64. The summed E-state index contributed by atoms with van der Waals surface area (Å²) in [6.45, 7) is 3.46. The second kappa shape index (κ2) is 5.39. The molecule has 5 nitrogen and oxygen atoms in total. The van der Waals surface area contributed by atoms with E-state index in [4.69, 9.17) is 10.5 Å². The zero-order valence-corrected chi connectivity index (χ0v) is 8.58. The number of nitrogens with two attached hydrogens (primary N) is 1. The van der Waals surface area contributed by atoms with Crippen molar-refractivity contribution in [2.24, 2.45) is 0 Å². The molecule has 0 aromatic carbocycles. The van der Waals surface area contributed by atoms with Gasteiger partial charge in [0.15, 0.2) is 0 Å². The van der Waals surface area contributed by atoms with Gasteiger partial charge in [-0.25, -0.2) is 9.97 Å². The normalized spacial score (nSPS) is 10.1. The van der Waals surface area contributed by atoms with Gasteiger partial charge in [0.2, 0.25) is 0 Å². The van der Waals surface area contributed by atoms with Gasteiger partial charge in [0.05, 0.1) is 0 Å². The molecule has 0 amide bonds. The average molecular weight is 196 g/mol. The topological polar surface area (TPSA) is 73.1 Å². The first-order valence-electron chi connectivity index (χ1n) is 4.55. The van der Waals surface area contributed by atoms with Crippen LogP contribution in [0.5, 0.6) is 0 Å². The van der Waals surface area contributed by atoms with Gasteiger partial charge < -0.3 is 15.8 Å². The summed E-state index contributed by atoms with van der Waals surface area (Å²) in [5, 5.41) is 3.18. The molecule has 0 aliphatic heterocycles. The van der Waals surface area contributed by atoms with E-state index in [0.717, 1.165) is 31.0 Å². The largest absolute Gasteiger partial charge is 0.385 e. The van der Waals surface area contributed by atoms with Gasteiger partial charge in [0.1, 0.15) is 18.0 Å². The summed E-state index contributed by atoms with van der Waals surface area (Å²) >= 11 is 0. The Labute approximate surface area is 83.7 Å². The van der Waals surface area contributed by atoms with E-state index < -0.39 is 0 Å². The lowest BCUT2D eigenvalue weighted by molar-refractivity contribution is 0.197. The van der Waals surface area contributed by atoms with E-state index in [1.807, 2.05) is 6.92 Å². The first-order valence-corrected chi connectivity index (χ1v) is 4.55. The van der Waals surface area contributed by atoms with Crippen LogP contribution in [-0.2, 0) is 4.74 Å². The Bertz CT molecular complexity index is 290. The van der Waals surface area contributed by atoms with Crippen LogP contribution in [0.3, 0.4) is 0 Å². The van der Waals surface area contributed by atoms with E-state index in [1.54, 1.807) is 7.11 Å². The zero-order chi connectivity index (χ0) is 10.4. The molecule has 0 aliphatic carbocycles. The molecule has 1 rings (SSSR count). The average Bonchev–Trinajstić information content (AvgIpc) is 2.19. The summed E-state index contributed by atoms with van der Waals surface area (Å²) in [6, 6.07) is 0. The molecule has 0 aliphatic rings. The molecule has 1 aromatic heterocycles. The Balaban J connectivity index is 2.46. The molecule has 0 fully saturated rings. The second-order valence-corrected chi connectivity index (χ2v) is 3.01. The summed E-state index contributed by atoms with van der Waals surface area (Å²) in [5.41, 5.74) is 6.53. The third kappa shape index (κ3) is 2.85. The highest BCUT2D eigenvalue weighted by Gasteiger charge is 2.02. The van der Waals surface area contributed by atoms with Crippen LogP contribution >= 0.6 is 0 Å². The SMILES string of the molecule is COCCCNc1ncnc(N)c1C. The third-order valence-electron chi connectivity index (χ3n) is 1.94. The monoisotopic (exact) mass is 196 g/mol. The van der Waals surface area contributed by atoms with Crippen LogP contribution in [0.25, 0.3) is 0 Å². The highest BCUT2D eigenvalue weighted by Crippen LogP contribution is 2.14. The number of methoxy groups -OCH3 is 1. The Kier molecular flexibility index (Phi) is 4.12. The zero-order valence-electron chi connectivity index (χ0n) is 8.58. The molecule has 0 saturated heterocycles. The molecular weight excluding hydrogens is 180 g/mol. The van der Waals surface area contributed by atoms with Crippen molar-refractivity contribution in [2.75, 3.05) is 31.3 Å². The van der Waals surface area contributed by atoms with Gasteiger partial charge in [-0.2, -0.15) is 0 Å². The molecule has 0 spiro atoms. The molecule has 3 N–H and O–H groups in total. The lowest BCUT2D eigenvalue weighted by Crippen LogP contribution is -2.09. The fourth-order valence-electron chi connectivity index (χ4n) is 1.07. The van der Waals surface area contributed by atoms with Gasteiger partial charge in [-0.3, -0.25) is 0 Å². The quantitative estimate of drug-likeness (QED) is 0.682. The molecule has 14 heavy (non-hydrogen) atoms. The van der Waals surface area contributed by atoms with E-state index in [0.29, 0.717) is 5.82 Å². The Morgan fingerprint density at radius 1 is 1.50 bits per heavy atom. The summed E-state index contributed by atoms with van der Waals surface area (Å²) < 4.78 is 4.94. The van der Waals surface area contributed by atoms with Crippen LogP contribution < -0.4 is 11.1 Å². The van der Waals surface area contributed by atoms with Crippen molar-refractivity contribution < 1.29 is 4.74 Å². The lowest BCUT2D eigenvalue weighted by Gasteiger charge is -2.08. The summed E-state index contributed by atoms with van der Waals surface area (Å²) in [4.78, 5) is 7.98. The van der Waals surface area contributed by atoms with Crippen LogP contribution in [0.1, 0.15) is 12.0 Å². The standard InChI is InChI=1S/C9H16N4O/c1-7-8(10)12-6-13-9(7)11-4-3-5-14-2/h6H,3-5H2,1-2H3,(H3,10,11,12,13). The van der Waals surface area contributed by atoms with Crippen LogP contribution in [0, 0.1) is 6.92 Å². The summed E-state index contributed by atoms with van der Waals surface area (Å²) in [5.74, 6) is 1.32. The number of hydrogen-bond acceptors (Lipinski definition) is 5. The van der Waals surface area contributed by atoms with Crippen LogP contribution in [-0.4, -0.2) is 30.2 Å². The van der Waals surface area contributed by atoms with Crippen LogP contribution in [0.2, 0.25) is 0 Å². The first kappa shape index (κ1) is 10.7. The number of ether oxygens (including phenoxy) is 1. The van der Waals surface area contributed by atoms with Gasteiger partial charge in [-0.05, 0) is 13.3 Å². The van der Waals surface area contributed by atoms with Crippen molar-refractivity contribution in [1.82, 2.24) is 9.97 Å². The van der Waals surface area contributed by atoms with E-state index in [9.17, 15) is 0 Å². The van der Waals surface area contributed by atoms with Crippen molar-refractivity contribution in [1.29, 1.82) is 0 Å². The molecule has 1 aromatic rings. The predicted octanol–water partition coefficient (Wildman–Crippen LogP) is 0.816. The lowest BCUT2D eigenvalue weighted by atomic mass is 10.3. The smallest absolute Gasteiger partial charge is 0.134 e. The maximum absolute atomic E-state index is 5.64. The van der Waals surface area contributed by atoms with Gasteiger partial charge >= 0.3 is 0 Å². The third-order valence-corrected chi connectivity index (χ3v) is 1.94. The van der Waals surface area contributed by atoms with Crippen molar-refractivity contribution in [2.45, 2.75) is 13.3 Å². The Hall–Kier alpha value is -1.36. The number of aromatic nitrogens is 2. The number of anilines is 2. The fourth-order valence-corrected chi connectivity index (χ4v) is 1.07. The molecule has 0 bridgehead atoms. The van der Waals surface area contributed by atoms with E-state index in [2.05, 4.69) is 15.3 Å². The predicted molar refractivity (Wildman–Crippen MR) is 56.2 cm³/mol.